The Labute approximate surface area is 190 Å². The topological polar surface area (TPSA) is 84.2 Å². The summed E-state index contributed by atoms with van der Waals surface area (Å²) in [5, 5.41) is 10.3. The fourth-order valence-electron chi connectivity index (χ4n) is 4.63. The summed E-state index contributed by atoms with van der Waals surface area (Å²) in [6.07, 6.45) is 2.67. The molecule has 1 aliphatic heterocycles. The summed E-state index contributed by atoms with van der Waals surface area (Å²) >= 11 is 1.56. The number of furan rings is 1. The lowest BCUT2D eigenvalue weighted by Gasteiger charge is -2.36. The number of dihydropyridines is 1. The highest BCUT2D eigenvalue weighted by atomic mass is 32.1. The van der Waals surface area contributed by atoms with Crippen molar-refractivity contribution in [2.75, 3.05) is 5.32 Å². The first-order chi connectivity index (χ1) is 15.5. The number of Topliss-reactive ketones (excluding diaryl/α,β-unsaturated/α-hetero) is 1. The minimum Gasteiger partial charge on any atom is -0.469 e. The van der Waals surface area contributed by atoms with E-state index >= 15 is 0 Å². The van der Waals surface area contributed by atoms with E-state index in [4.69, 9.17) is 4.42 Å². The summed E-state index contributed by atoms with van der Waals surface area (Å²) in [4.78, 5) is 31.2. The highest BCUT2D eigenvalue weighted by Gasteiger charge is 2.41. The Kier molecular flexibility index (Phi) is 5.27. The maximum Gasteiger partial charge on any atom is 0.255 e. The molecule has 0 saturated heterocycles. The third-order valence-electron chi connectivity index (χ3n) is 6.02. The van der Waals surface area contributed by atoms with Crippen LogP contribution in [0.15, 0.2) is 80.4 Å². The highest BCUT2D eigenvalue weighted by molar-refractivity contribution is 7.08. The maximum absolute atomic E-state index is 13.4. The number of hydrogen-bond donors (Lipinski definition) is 2. The van der Waals surface area contributed by atoms with E-state index in [9.17, 15) is 9.59 Å². The Balaban J connectivity index is 1.53. The van der Waals surface area contributed by atoms with E-state index in [1.165, 1.54) is 0 Å². The van der Waals surface area contributed by atoms with Gasteiger partial charge in [-0.1, -0.05) is 6.07 Å². The Morgan fingerprint density at radius 2 is 2.06 bits per heavy atom. The molecular formula is C25H23N3O3S. The number of carbonyl (C=O) groups is 2. The molecule has 162 valence electrons. The van der Waals surface area contributed by atoms with Crippen LogP contribution in [0.4, 0.5) is 5.82 Å². The summed E-state index contributed by atoms with van der Waals surface area (Å²) in [5.41, 5.74) is 4.63. The van der Waals surface area contributed by atoms with Crippen LogP contribution in [0.25, 0.3) is 0 Å². The van der Waals surface area contributed by atoms with Crippen LogP contribution < -0.4 is 10.6 Å². The molecule has 2 N–H and O–H groups in total. The van der Waals surface area contributed by atoms with Gasteiger partial charge in [-0.25, -0.2) is 4.98 Å². The fraction of sp³-hybridized carbons (Fsp3) is 0.240. The van der Waals surface area contributed by atoms with Gasteiger partial charge in [-0.05, 0) is 66.9 Å². The summed E-state index contributed by atoms with van der Waals surface area (Å²) in [7, 11) is 0. The number of thiophene rings is 1. The van der Waals surface area contributed by atoms with E-state index in [-0.39, 0.29) is 17.6 Å². The van der Waals surface area contributed by atoms with Gasteiger partial charge in [-0.3, -0.25) is 9.59 Å². The molecule has 5 rings (SSSR count). The molecule has 32 heavy (non-hydrogen) atoms. The van der Waals surface area contributed by atoms with Crippen LogP contribution in [0.2, 0.25) is 0 Å². The van der Waals surface area contributed by atoms with Gasteiger partial charge in [-0.15, -0.1) is 0 Å². The zero-order chi connectivity index (χ0) is 22.2. The quantitative estimate of drug-likeness (QED) is 0.587. The van der Waals surface area contributed by atoms with E-state index in [0.717, 1.165) is 28.4 Å². The lowest BCUT2D eigenvalue weighted by molar-refractivity contribution is -0.116. The second kappa shape index (κ2) is 8.24. The molecule has 0 fully saturated rings. The van der Waals surface area contributed by atoms with E-state index in [1.54, 1.807) is 23.7 Å². The molecule has 7 heteroatoms. The molecule has 1 aliphatic carbocycles. The standard InChI is InChI=1S/C25H23N3O3S/c1-14-5-3-7-21(26-14)28-25(30)22-15(2)27-18-11-17(20-6-4-9-31-20)12-19(29)24(18)23(22)16-8-10-32-13-16/h3-10,13,17,23,27H,11-12H2,1-2H3,(H,26,28,30)/t17-,23+/m1/s1. The van der Waals surface area contributed by atoms with Crippen molar-refractivity contribution in [3.8, 4) is 0 Å². The normalized spacial score (nSPS) is 20.8. The Morgan fingerprint density at radius 3 is 2.78 bits per heavy atom. The van der Waals surface area contributed by atoms with Gasteiger partial charge in [-0.2, -0.15) is 11.3 Å². The number of aryl methyl sites for hydroxylation is 1. The van der Waals surface area contributed by atoms with E-state index in [0.29, 0.717) is 29.8 Å². The van der Waals surface area contributed by atoms with Crippen molar-refractivity contribution in [3.63, 3.8) is 0 Å². The van der Waals surface area contributed by atoms with Crippen LogP contribution in [0.3, 0.4) is 0 Å². The summed E-state index contributed by atoms with van der Waals surface area (Å²) < 4.78 is 5.58. The molecule has 3 aromatic rings. The molecule has 2 aliphatic rings. The molecule has 0 unspecified atom stereocenters. The summed E-state index contributed by atoms with van der Waals surface area (Å²) in [6, 6.07) is 11.3. The van der Waals surface area contributed by atoms with Gasteiger partial charge in [0, 0.05) is 46.5 Å². The van der Waals surface area contributed by atoms with Gasteiger partial charge in [0.05, 0.1) is 6.26 Å². The van der Waals surface area contributed by atoms with Gasteiger partial charge in [0.25, 0.3) is 5.91 Å². The molecule has 1 amide bonds. The average molecular weight is 446 g/mol. The van der Waals surface area contributed by atoms with E-state index in [2.05, 4.69) is 15.6 Å². The van der Waals surface area contributed by atoms with Crippen molar-refractivity contribution in [3.05, 3.63) is 93.0 Å². The number of aromatic nitrogens is 1. The lowest BCUT2D eigenvalue weighted by atomic mass is 9.73. The van der Waals surface area contributed by atoms with Crippen molar-refractivity contribution >= 4 is 28.8 Å². The van der Waals surface area contributed by atoms with Gasteiger partial charge in [0.15, 0.2) is 5.78 Å². The molecule has 0 saturated carbocycles. The average Bonchev–Trinajstić information content (AvgIpc) is 3.47. The SMILES string of the molecule is CC1=C(C(=O)Nc2cccc(C)n2)[C@H](c2ccsc2)C2=C(C[C@@H](c3ccco3)CC2=O)N1. The summed E-state index contributed by atoms with van der Waals surface area (Å²) in [5.74, 6) is 0.681. The number of pyridine rings is 1. The zero-order valence-electron chi connectivity index (χ0n) is 17.8. The zero-order valence-corrected chi connectivity index (χ0v) is 18.7. The van der Waals surface area contributed by atoms with Crippen molar-refractivity contribution < 1.29 is 14.0 Å². The number of rotatable bonds is 4. The number of anilines is 1. The summed E-state index contributed by atoms with van der Waals surface area (Å²) in [6.45, 7) is 3.77. The highest BCUT2D eigenvalue weighted by Crippen LogP contribution is 2.46. The molecule has 4 heterocycles. The van der Waals surface area contributed by atoms with Crippen LogP contribution in [0.1, 0.15) is 48.6 Å². The Bertz CT molecular complexity index is 1240. The largest absolute Gasteiger partial charge is 0.469 e. The third kappa shape index (κ3) is 3.69. The predicted octanol–water partition coefficient (Wildman–Crippen LogP) is 5.04. The third-order valence-corrected chi connectivity index (χ3v) is 6.73. The number of ketones is 1. The van der Waals surface area contributed by atoms with Gasteiger partial charge in [0.1, 0.15) is 11.6 Å². The first-order valence-electron chi connectivity index (χ1n) is 10.6. The molecular weight excluding hydrogens is 422 g/mol. The van der Waals surface area contributed by atoms with Gasteiger partial charge < -0.3 is 15.1 Å². The molecule has 0 bridgehead atoms. The number of amides is 1. The molecule has 0 spiro atoms. The van der Waals surface area contributed by atoms with Crippen molar-refractivity contribution in [2.45, 2.75) is 38.5 Å². The number of nitrogens with one attached hydrogen (secondary N) is 2. The van der Waals surface area contributed by atoms with Crippen LogP contribution in [0.5, 0.6) is 0 Å². The predicted molar refractivity (Wildman–Crippen MR) is 123 cm³/mol. The van der Waals surface area contributed by atoms with E-state index in [1.807, 2.05) is 54.9 Å². The lowest BCUT2D eigenvalue weighted by Crippen LogP contribution is -2.37. The number of hydrogen-bond acceptors (Lipinski definition) is 6. The minimum absolute atomic E-state index is 0.00783. The molecule has 6 nitrogen and oxygen atoms in total. The molecule has 2 atom stereocenters. The van der Waals surface area contributed by atoms with Crippen molar-refractivity contribution in [1.29, 1.82) is 0 Å². The number of carbonyl (C=O) groups excluding carboxylic acids is 2. The second-order valence-corrected chi connectivity index (χ2v) is 8.99. The van der Waals surface area contributed by atoms with Crippen LogP contribution in [-0.4, -0.2) is 16.7 Å². The maximum atomic E-state index is 13.4. The Morgan fingerprint density at radius 1 is 1.19 bits per heavy atom. The monoisotopic (exact) mass is 445 g/mol. The van der Waals surface area contributed by atoms with Gasteiger partial charge >= 0.3 is 0 Å². The van der Waals surface area contributed by atoms with Gasteiger partial charge in [0.2, 0.25) is 0 Å². The number of nitrogens with zero attached hydrogens (tertiary/aromatic N) is 1. The van der Waals surface area contributed by atoms with Crippen LogP contribution >= 0.6 is 11.3 Å². The molecule has 0 aromatic carbocycles. The fourth-order valence-corrected chi connectivity index (χ4v) is 5.32. The smallest absolute Gasteiger partial charge is 0.255 e. The van der Waals surface area contributed by atoms with Crippen molar-refractivity contribution in [2.24, 2.45) is 0 Å². The van der Waals surface area contributed by atoms with Crippen LogP contribution in [-0.2, 0) is 9.59 Å². The Hall–Kier alpha value is -3.45. The first kappa shape index (κ1) is 20.5. The second-order valence-electron chi connectivity index (χ2n) is 8.21. The molecule has 0 radical (unpaired) electrons. The molecule has 3 aromatic heterocycles. The minimum atomic E-state index is -0.410. The number of allylic oxidation sites excluding steroid dienone is 3. The van der Waals surface area contributed by atoms with E-state index < -0.39 is 5.92 Å². The van der Waals surface area contributed by atoms with Crippen molar-refractivity contribution in [1.82, 2.24) is 10.3 Å². The first-order valence-corrected chi connectivity index (χ1v) is 11.5. The van der Waals surface area contributed by atoms with Crippen LogP contribution in [0, 0.1) is 6.92 Å².